The summed E-state index contributed by atoms with van der Waals surface area (Å²) < 4.78 is 5.28. The second-order valence-corrected chi connectivity index (χ2v) is 4.18. The number of nitrogens with zero attached hydrogens (tertiary/aromatic N) is 1. The van der Waals surface area contributed by atoms with E-state index in [2.05, 4.69) is 0 Å². The van der Waals surface area contributed by atoms with Crippen LogP contribution in [0.5, 0.6) is 5.75 Å². The molecule has 0 aromatic heterocycles. The highest BCUT2D eigenvalue weighted by atomic mass is 16.6. The number of non-ortho nitro benzene ring substituents is 1. The van der Waals surface area contributed by atoms with Crippen LogP contribution in [0.3, 0.4) is 0 Å². The lowest BCUT2D eigenvalue weighted by Gasteiger charge is -2.15. The van der Waals surface area contributed by atoms with E-state index in [1.807, 2.05) is 6.92 Å². The van der Waals surface area contributed by atoms with Crippen molar-refractivity contribution >= 4 is 17.9 Å². The maximum absolute atomic E-state index is 11.1. The molecule has 1 N–H and O–H groups in total. The Bertz CT molecular complexity index is 514. The first-order valence-electron chi connectivity index (χ1n) is 6.12. The fraction of sp³-hybridized carbons (Fsp3) is 0.385. The number of unbranched alkanes of at least 4 members (excludes halogenated alkanes) is 1. The van der Waals surface area contributed by atoms with Crippen LogP contribution < -0.4 is 4.74 Å². The number of carbonyl (C=O) groups is 2. The maximum atomic E-state index is 11.1. The minimum atomic E-state index is -1.13. The Kier molecular flexibility index (Phi) is 5.64. The van der Waals surface area contributed by atoms with Crippen molar-refractivity contribution in [1.29, 1.82) is 0 Å². The van der Waals surface area contributed by atoms with Crippen LogP contribution in [0.15, 0.2) is 18.2 Å². The number of hydrogen-bond donors (Lipinski definition) is 1. The summed E-state index contributed by atoms with van der Waals surface area (Å²) in [5.74, 6) is -1.09. The number of ether oxygens (including phenoxy) is 1. The quantitative estimate of drug-likeness (QED) is 0.445. The van der Waals surface area contributed by atoms with Gasteiger partial charge in [0.25, 0.3) is 5.69 Å². The van der Waals surface area contributed by atoms with Gasteiger partial charge >= 0.3 is 5.97 Å². The third kappa shape index (κ3) is 4.04. The van der Waals surface area contributed by atoms with Crippen LogP contribution in [-0.4, -0.2) is 28.4 Å². The van der Waals surface area contributed by atoms with Gasteiger partial charge in [-0.25, -0.2) is 4.79 Å². The smallest absolute Gasteiger partial charge is 0.344 e. The van der Waals surface area contributed by atoms with Crippen molar-refractivity contribution in [2.24, 2.45) is 0 Å². The molecule has 20 heavy (non-hydrogen) atoms. The lowest BCUT2D eigenvalue weighted by molar-refractivity contribution is -0.384. The van der Waals surface area contributed by atoms with Crippen molar-refractivity contribution in [2.45, 2.75) is 32.3 Å². The van der Waals surface area contributed by atoms with Gasteiger partial charge in [0.2, 0.25) is 0 Å². The van der Waals surface area contributed by atoms with Crippen molar-refractivity contribution in [3.63, 3.8) is 0 Å². The molecule has 0 saturated carbocycles. The Morgan fingerprint density at radius 2 is 2.25 bits per heavy atom. The van der Waals surface area contributed by atoms with Gasteiger partial charge in [0.1, 0.15) is 5.75 Å². The number of carbonyl (C=O) groups excluding carboxylic acids is 1. The Hall–Kier alpha value is -2.44. The van der Waals surface area contributed by atoms with Gasteiger partial charge in [0.15, 0.2) is 12.4 Å². The molecule has 0 aliphatic carbocycles. The number of aldehydes is 1. The summed E-state index contributed by atoms with van der Waals surface area (Å²) in [6.07, 6.45) is 1.12. The summed E-state index contributed by atoms with van der Waals surface area (Å²) in [5, 5.41) is 19.7. The molecule has 0 radical (unpaired) electrons. The molecule has 0 unspecified atom stereocenters. The molecule has 7 nitrogen and oxygen atoms in total. The van der Waals surface area contributed by atoms with E-state index in [1.165, 1.54) is 12.1 Å². The molecule has 1 aromatic carbocycles. The van der Waals surface area contributed by atoms with Gasteiger partial charge in [-0.05, 0) is 18.9 Å². The number of nitro benzene ring substituents is 1. The Labute approximate surface area is 115 Å². The van der Waals surface area contributed by atoms with Gasteiger partial charge in [-0.15, -0.1) is 0 Å². The van der Waals surface area contributed by atoms with E-state index in [1.54, 1.807) is 0 Å². The molecule has 1 rings (SSSR count). The van der Waals surface area contributed by atoms with Gasteiger partial charge in [-0.2, -0.15) is 0 Å². The predicted molar refractivity (Wildman–Crippen MR) is 70.1 cm³/mol. The van der Waals surface area contributed by atoms with Gasteiger partial charge in [0, 0.05) is 12.1 Å². The van der Waals surface area contributed by atoms with Crippen molar-refractivity contribution in [2.75, 3.05) is 0 Å². The summed E-state index contributed by atoms with van der Waals surface area (Å²) in [6, 6.07) is 3.46. The molecule has 108 valence electrons. The Balaban J connectivity index is 2.97. The fourth-order valence-electron chi connectivity index (χ4n) is 1.62. The van der Waals surface area contributed by atoms with Gasteiger partial charge < -0.3 is 9.84 Å². The molecule has 1 atom stereocenters. The van der Waals surface area contributed by atoms with E-state index < -0.39 is 17.0 Å². The highest BCUT2D eigenvalue weighted by Crippen LogP contribution is 2.24. The molecule has 0 saturated heterocycles. The minimum absolute atomic E-state index is 0.0362. The van der Waals surface area contributed by atoms with E-state index in [0.29, 0.717) is 19.1 Å². The molecule has 0 fully saturated rings. The van der Waals surface area contributed by atoms with Crippen molar-refractivity contribution in [3.8, 4) is 5.75 Å². The van der Waals surface area contributed by atoms with Gasteiger partial charge in [-0.1, -0.05) is 13.3 Å². The van der Waals surface area contributed by atoms with Crippen LogP contribution in [0.4, 0.5) is 5.69 Å². The molecular weight excluding hydrogens is 266 g/mol. The predicted octanol–water partition coefficient (Wildman–Crippen LogP) is 2.43. The van der Waals surface area contributed by atoms with Crippen LogP contribution in [0, 0.1) is 10.1 Å². The summed E-state index contributed by atoms with van der Waals surface area (Å²) in [6.45, 7) is 1.92. The number of hydrogen-bond acceptors (Lipinski definition) is 5. The fourth-order valence-corrected chi connectivity index (χ4v) is 1.62. The third-order valence-electron chi connectivity index (χ3n) is 2.70. The highest BCUT2D eigenvalue weighted by molar-refractivity contribution is 5.81. The first-order valence-corrected chi connectivity index (χ1v) is 6.12. The standard InChI is InChI=1S/C13H15NO6/c1-2-3-4-12(13(16)17)20-11-6-5-10(14(18)19)7-9(11)8-15/h5-8,12H,2-4H2,1H3,(H,16,17)/t12-/m1/s1. The van der Waals surface area contributed by atoms with Crippen molar-refractivity contribution in [3.05, 3.63) is 33.9 Å². The molecule has 0 aliphatic heterocycles. The molecule has 1 aromatic rings. The van der Waals surface area contributed by atoms with Crippen molar-refractivity contribution in [1.82, 2.24) is 0 Å². The largest absolute Gasteiger partial charge is 0.479 e. The number of carboxylic acid groups (broad SMARTS) is 1. The van der Waals surface area contributed by atoms with Crippen LogP contribution >= 0.6 is 0 Å². The molecule has 7 heteroatoms. The molecule has 0 heterocycles. The number of benzene rings is 1. The number of carboxylic acids is 1. The summed E-state index contributed by atoms with van der Waals surface area (Å²) in [7, 11) is 0. The average molecular weight is 281 g/mol. The highest BCUT2D eigenvalue weighted by Gasteiger charge is 2.21. The zero-order valence-electron chi connectivity index (χ0n) is 10.9. The zero-order valence-corrected chi connectivity index (χ0v) is 10.9. The minimum Gasteiger partial charge on any atom is -0.479 e. The zero-order chi connectivity index (χ0) is 15.1. The lowest BCUT2D eigenvalue weighted by atomic mass is 10.1. The average Bonchev–Trinajstić information content (AvgIpc) is 2.42. The molecular formula is C13H15NO6. The molecule has 0 spiro atoms. The normalized spacial score (nSPS) is 11.7. The summed E-state index contributed by atoms with van der Waals surface area (Å²) in [4.78, 5) is 32.0. The second kappa shape index (κ2) is 7.22. The number of aliphatic carboxylic acids is 1. The first-order chi connectivity index (χ1) is 9.49. The monoisotopic (exact) mass is 281 g/mol. The Morgan fingerprint density at radius 1 is 1.55 bits per heavy atom. The summed E-state index contributed by atoms with van der Waals surface area (Å²) >= 11 is 0. The van der Waals surface area contributed by atoms with Crippen LogP contribution in [-0.2, 0) is 4.79 Å². The van der Waals surface area contributed by atoms with E-state index >= 15 is 0 Å². The number of rotatable bonds is 8. The van der Waals surface area contributed by atoms with Gasteiger partial charge in [-0.3, -0.25) is 14.9 Å². The van der Waals surface area contributed by atoms with Crippen LogP contribution in [0.1, 0.15) is 36.5 Å². The van der Waals surface area contributed by atoms with E-state index in [4.69, 9.17) is 9.84 Å². The third-order valence-corrected chi connectivity index (χ3v) is 2.70. The lowest BCUT2D eigenvalue weighted by Crippen LogP contribution is -2.27. The van der Waals surface area contributed by atoms with Crippen LogP contribution in [0.2, 0.25) is 0 Å². The Morgan fingerprint density at radius 3 is 2.75 bits per heavy atom. The number of nitro groups is 1. The maximum Gasteiger partial charge on any atom is 0.344 e. The molecule has 0 amide bonds. The topological polar surface area (TPSA) is 107 Å². The second-order valence-electron chi connectivity index (χ2n) is 4.18. The van der Waals surface area contributed by atoms with E-state index in [9.17, 15) is 19.7 Å². The first kappa shape index (κ1) is 15.6. The summed E-state index contributed by atoms with van der Waals surface area (Å²) in [5.41, 5.74) is -0.290. The van der Waals surface area contributed by atoms with Gasteiger partial charge in [0.05, 0.1) is 10.5 Å². The molecule has 0 aliphatic rings. The van der Waals surface area contributed by atoms with E-state index in [-0.39, 0.29) is 17.0 Å². The molecule has 0 bridgehead atoms. The van der Waals surface area contributed by atoms with E-state index in [0.717, 1.165) is 12.5 Å². The van der Waals surface area contributed by atoms with Crippen molar-refractivity contribution < 1.29 is 24.4 Å². The van der Waals surface area contributed by atoms with Crippen LogP contribution in [0.25, 0.3) is 0 Å². The SMILES string of the molecule is CCCC[C@@H](Oc1ccc([N+](=O)[O-])cc1C=O)C(=O)O.